The lowest BCUT2D eigenvalue weighted by Gasteiger charge is -2.23. The number of thiazole rings is 1. The molecule has 1 atom stereocenters. The number of ether oxygens (including phenoxy) is 2. The summed E-state index contributed by atoms with van der Waals surface area (Å²) in [6, 6.07) is 11.1. The highest BCUT2D eigenvalue weighted by Gasteiger charge is 2.48. The number of aromatic nitrogens is 1. The van der Waals surface area contributed by atoms with Gasteiger partial charge in [0.25, 0.3) is 5.78 Å². The zero-order valence-corrected chi connectivity index (χ0v) is 22.7. The summed E-state index contributed by atoms with van der Waals surface area (Å²) in [5.74, 6) is -2.03. The number of carbonyl (C=O) groups is 3. The van der Waals surface area contributed by atoms with Crippen LogP contribution in [0.4, 0.5) is 5.13 Å². The molecule has 8 nitrogen and oxygen atoms in total. The summed E-state index contributed by atoms with van der Waals surface area (Å²) < 4.78 is 11.2. The number of aliphatic hydroxyl groups excluding tert-OH is 1. The molecule has 1 amide bonds. The van der Waals surface area contributed by atoms with Crippen LogP contribution in [0.5, 0.6) is 5.75 Å². The molecule has 1 aliphatic heterocycles. The second-order valence-electron chi connectivity index (χ2n) is 8.20. The minimum Gasteiger partial charge on any atom is -0.507 e. The Bertz CT molecular complexity index is 1440. The van der Waals surface area contributed by atoms with Crippen molar-refractivity contribution in [3.63, 3.8) is 0 Å². The molecule has 190 valence electrons. The molecule has 0 spiro atoms. The lowest BCUT2D eigenvalue weighted by atomic mass is 9.95. The Kier molecular flexibility index (Phi) is 7.60. The summed E-state index contributed by atoms with van der Waals surface area (Å²) >= 11 is 4.34. The van der Waals surface area contributed by atoms with E-state index in [1.807, 2.05) is 6.92 Å². The number of benzene rings is 2. The predicted molar refractivity (Wildman–Crippen MR) is 144 cm³/mol. The Hall–Kier alpha value is -3.76. The van der Waals surface area contributed by atoms with Crippen molar-refractivity contribution in [3.05, 3.63) is 92.4 Å². The summed E-state index contributed by atoms with van der Waals surface area (Å²) in [7, 11) is 1.54. The van der Waals surface area contributed by atoms with E-state index >= 15 is 0 Å². The summed E-state index contributed by atoms with van der Waals surface area (Å²) in [5, 5.41) is 11.5. The molecule has 10 heteroatoms. The molecule has 1 N–H and O–H groups in total. The second kappa shape index (κ2) is 10.7. The average Bonchev–Trinajstić information content (AvgIpc) is 3.39. The topological polar surface area (TPSA) is 106 Å². The maximum atomic E-state index is 13.4. The number of methoxy groups -OCH3 is 1. The van der Waals surface area contributed by atoms with Crippen LogP contribution < -0.4 is 9.64 Å². The third kappa shape index (κ3) is 4.94. The van der Waals surface area contributed by atoms with Gasteiger partial charge in [-0.15, -0.1) is 0 Å². The van der Waals surface area contributed by atoms with E-state index in [1.54, 1.807) is 56.5 Å². The van der Waals surface area contributed by atoms with Crippen LogP contribution in [0.25, 0.3) is 5.76 Å². The molecule has 1 aliphatic rings. The molecular formula is C27H23BrN2O6S. The van der Waals surface area contributed by atoms with E-state index in [0.717, 1.165) is 21.4 Å². The summed E-state index contributed by atoms with van der Waals surface area (Å²) in [5.41, 5.74) is 1.97. The Morgan fingerprint density at radius 1 is 1.22 bits per heavy atom. The predicted octanol–water partition coefficient (Wildman–Crippen LogP) is 5.50. The van der Waals surface area contributed by atoms with Gasteiger partial charge in [0.15, 0.2) is 5.13 Å². The van der Waals surface area contributed by atoms with Crippen LogP contribution in [0, 0.1) is 13.8 Å². The van der Waals surface area contributed by atoms with Crippen molar-refractivity contribution >= 4 is 55.8 Å². The van der Waals surface area contributed by atoms with Crippen LogP contribution in [0.1, 0.15) is 38.1 Å². The number of hydrogen-bond acceptors (Lipinski definition) is 8. The molecule has 1 aromatic heterocycles. The highest BCUT2D eigenvalue weighted by atomic mass is 79.9. The number of anilines is 1. The molecule has 4 rings (SSSR count). The van der Waals surface area contributed by atoms with Crippen molar-refractivity contribution in [2.75, 3.05) is 18.6 Å². The number of hydrogen-bond donors (Lipinski definition) is 1. The Morgan fingerprint density at radius 3 is 2.54 bits per heavy atom. The maximum absolute atomic E-state index is 13.4. The SMILES string of the molecule is C=CCOC(=O)c1sc(N2C(=O)C(=O)/C(=C(/O)c3ccc(OC)c(C)c3)C2c2ccc(Br)cc2)nc1C. The normalized spacial score (nSPS) is 16.6. The monoisotopic (exact) mass is 582 g/mol. The number of esters is 1. The second-order valence-corrected chi connectivity index (χ2v) is 10.1. The Morgan fingerprint density at radius 2 is 1.92 bits per heavy atom. The van der Waals surface area contributed by atoms with Gasteiger partial charge in [-0.2, -0.15) is 0 Å². The number of amides is 1. The fourth-order valence-electron chi connectivity index (χ4n) is 4.05. The van der Waals surface area contributed by atoms with Gasteiger partial charge >= 0.3 is 11.9 Å². The van der Waals surface area contributed by atoms with Crippen molar-refractivity contribution < 1.29 is 29.0 Å². The van der Waals surface area contributed by atoms with Crippen LogP contribution in [-0.4, -0.2) is 41.5 Å². The lowest BCUT2D eigenvalue weighted by molar-refractivity contribution is -0.132. The molecule has 2 heterocycles. The van der Waals surface area contributed by atoms with Gasteiger partial charge in [-0.3, -0.25) is 14.5 Å². The van der Waals surface area contributed by atoms with Gasteiger partial charge in [0.2, 0.25) is 0 Å². The molecule has 0 radical (unpaired) electrons. The lowest BCUT2D eigenvalue weighted by Crippen LogP contribution is -2.29. The largest absolute Gasteiger partial charge is 0.507 e. The fourth-order valence-corrected chi connectivity index (χ4v) is 5.30. The van der Waals surface area contributed by atoms with Gasteiger partial charge in [-0.25, -0.2) is 9.78 Å². The molecule has 3 aromatic rings. The van der Waals surface area contributed by atoms with Crippen molar-refractivity contribution in [2.24, 2.45) is 0 Å². The molecule has 0 aliphatic carbocycles. The minimum absolute atomic E-state index is 0.0240. The highest BCUT2D eigenvalue weighted by Crippen LogP contribution is 2.44. The number of halogens is 1. The first-order valence-electron chi connectivity index (χ1n) is 11.1. The first-order chi connectivity index (χ1) is 17.7. The highest BCUT2D eigenvalue weighted by molar-refractivity contribution is 9.10. The molecule has 2 aromatic carbocycles. The van der Waals surface area contributed by atoms with E-state index in [9.17, 15) is 19.5 Å². The van der Waals surface area contributed by atoms with Crippen LogP contribution >= 0.6 is 27.3 Å². The van der Waals surface area contributed by atoms with Crippen LogP contribution in [-0.2, 0) is 14.3 Å². The van der Waals surface area contributed by atoms with Crippen molar-refractivity contribution in [1.82, 2.24) is 4.98 Å². The van der Waals surface area contributed by atoms with Gasteiger partial charge in [-0.1, -0.05) is 52.1 Å². The zero-order chi connectivity index (χ0) is 26.9. The molecule has 0 bridgehead atoms. The third-order valence-corrected chi connectivity index (χ3v) is 7.47. The number of Topliss-reactive ketones (excluding diaryl/α,β-unsaturated/α-hetero) is 1. The molecule has 37 heavy (non-hydrogen) atoms. The van der Waals surface area contributed by atoms with E-state index in [0.29, 0.717) is 22.6 Å². The van der Waals surface area contributed by atoms with Crippen molar-refractivity contribution in [3.8, 4) is 5.75 Å². The number of aliphatic hydroxyl groups is 1. The number of carbonyl (C=O) groups excluding carboxylic acids is 3. The van der Waals surface area contributed by atoms with Gasteiger partial charge in [0, 0.05) is 10.0 Å². The Balaban J connectivity index is 1.88. The number of rotatable bonds is 7. The molecule has 0 saturated carbocycles. The van der Waals surface area contributed by atoms with E-state index in [2.05, 4.69) is 27.5 Å². The maximum Gasteiger partial charge on any atom is 0.350 e. The minimum atomic E-state index is -0.974. The molecule has 1 saturated heterocycles. The van der Waals surface area contributed by atoms with Gasteiger partial charge in [-0.05, 0) is 55.3 Å². The summed E-state index contributed by atoms with van der Waals surface area (Å²) in [4.78, 5) is 45.1. The van der Waals surface area contributed by atoms with Crippen LogP contribution in [0.2, 0.25) is 0 Å². The molecular weight excluding hydrogens is 560 g/mol. The third-order valence-electron chi connectivity index (χ3n) is 5.81. The number of aryl methyl sites for hydroxylation is 2. The van der Waals surface area contributed by atoms with Gasteiger partial charge < -0.3 is 14.6 Å². The molecule has 1 unspecified atom stereocenters. The van der Waals surface area contributed by atoms with E-state index in [4.69, 9.17) is 9.47 Å². The quantitative estimate of drug-likeness (QED) is 0.129. The van der Waals surface area contributed by atoms with Crippen molar-refractivity contribution in [1.29, 1.82) is 0 Å². The van der Waals surface area contributed by atoms with Gasteiger partial charge in [0.05, 0.1) is 24.4 Å². The Labute approximate surface area is 226 Å². The van der Waals surface area contributed by atoms with E-state index < -0.39 is 23.7 Å². The van der Waals surface area contributed by atoms with Crippen LogP contribution in [0.3, 0.4) is 0 Å². The van der Waals surface area contributed by atoms with Gasteiger partial charge in [0.1, 0.15) is 23.0 Å². The standard InChI is InChI=1S/C27H23BrN2O6S/c1-5-12-36-26(34)24-15(3)29-27(37-24)30-21(16-6-9-18(28)10-7-16)20(23(32)25(30)33)22(31)17-8-11-19(35-4)14(2)13-17/h5-11,13,21,31H,1,12H2,2-4H3/b22-20+. The van der Waals surface area contributed by atoms with E-state index in [-0.39, 0.29) is 27.9 Å². The summed E-state index contributed by atoms with van der Waals surface area (Å²) in [6.07, 6.45) is 1.45. The van der Waals surface area contributed by atoms with Crippen LogP contribution in [0.15, 0.2) is 65.2 Å². The number of ketones is 1. The van der Waals surface area contributed by atoms with Crippen molar-refractivity contribution in [2.45, 2.75) is 19.9 Å². The smallest absolute Gasteiger partial charge is 0.350 e. The fraction of sp³-hybridized carbons (Fsp3) is 0.185. The first kappa shape index (κ1) is 26.3. The molecule has 1 fully saturated rings. The first-order valence-corrected chi connectivity index (χ1v) is 12.8. The average molecular weight is 583 g/mol. The number of nitrogens with zero attached hydrogens (tertiary/aromatic N) is 2. The zero-order valence-electron chi connectivity index (χ0n) is 20.3. The van der Waals surface area contributed by atoms with E-state index in [1.165, 1.54) is 11.0 Å². The summed E-state index contributed by atoms with van der Waals surface area (Å²) in [6.45, 7) is 6.99.